The molecule has 21 heavy (non-hydrogen) atoms. The van der Waals surface area contributed by atoms with E-state index >= 15 is 0 Å². The van der Waals surface area contributed by atoms with E-state index in [1.807, 2.05) is 25.1 Å². The van der Waals surface area contributed by atoms with Gasteiger partial charge in [-0.2, -0.15) is 0 Å². The summed E-state index contributed by atoms with van der Waals surface area (Å²) < 4.78 is 0.995. The lowest BCUT2D eigenvalue weighted by Crippen LogP contribution is -2.58. The van der Waals surface area contributed by atoms with Gasteiger partial charge in [-0.25, -0.2) is 0 Å². The Morgan fingerprint density at radius 2 is 2.05 bits per heavy atom. The highest BCUT2D eigenvalue weighted by Gasteiger charge is 2.38. The molecule has 0 atom stereocenters. The van der Waals surface area contributed by atoms with Gasteiger partial charge in [-0.15, -0.1) is 0 Å². The van der Waals surface area contributed by atoms with Crippen LogP contribution in [0.3, 0.4) is 0 Å². The number of nitrogens with one attached hydrogen (secondary N) is 1. The Morgan fingerprint density at radius 1 is 1.43 bits per heavy atom. The van der Waals surface area contributed by atoms with Crippen LogP contribution in [0, 0.1) is 12.8 Å². The molecule has 1 amide bonds. The molecular weight excluding hydrogens is 348 g/mol. The van der Waals surface area contributed by atoms with Crippen molar-refractivity contribution in [2.75, 3.05) is 0 Å². The molecule has 0 spiro atoms. The molecule has 114 valence electrons. The molecule has 0 aromatic heterocycles. The van der Waals surface area contributed by atoms with Crippen LogP contribution in [0.15, 0.2) is 22.7 Å². The second kappa shape index (κ2) is 6.44. The summed E-state index contributed by atoms with van der Waals surface area (Å²) in [6.45, 7) is 4.19. The van der Waals surface area contributed by atoms with Crippen molar-refractivity contribution >= 4 is 39.0 Å². The van der Waals surface area contributed by atoms with Gasteiger partial charge in [-0.05, 0) is 62.3 Å². The van der Waals surface area contributed by atoms with Crippen LogP contribution in [-0.2, 0) is 0 Å². The third-order valence-corrected chi connectivity index (χ3v) is 5.65. The van der Waals surface area contributed by atoms with Gasteiger partial charge in [0.1, 0.15) is 0 Å². The Kier molecular flexibility index (Phi) is 5.04. The highest BCUT2D eigenvalue weighted by Crippen LogP contribution is 2.32. The number of nitrogens with two attached hydrogens (primary N) is 1. The summed E-state index contributed by atoms with van der Waals surface area (Å²) in [6.07, 6.45) is 3.73. The van der Waals surface area contributed by atoms with Gasteiger partial charge in [0.2, 0.25) is 0 Å². The molecule has 5 heteroatoms. The van der Waals surface area contributed by atoms with Gasteiger partial charge in [-0.3, -0.25) is 4.79 Å². The minimum atomic E-state index is -0.528. The van der Waals surface area contributed by atoms with Gasteiger partial charge in [0.05, 0.1) is 10.5 Å². The highest BCUT2D eigenvalue weighted by atomic mass is 79.9. The second-order valence-corrected chi connectivity index (χ2v) is 7.34. The highest BCUT2D eigenvalue weighted by molar-refractivity contribution is 9.10. The molecular formula is C16H21BrN2OS. The Balaban J connectivity index is 2.19. The normalized spacial score (nSPS) is 25.4. The predicted molar refractivity (Wildman–Crippen MR) is 93.5 cm³/mol. The van der Waals surface area contributed by atoms with Crippen molar-refractivity contribution in [3.05, 3.63) is 33.8 Å². The summed E-state index contributed by atoms with van der Waals surface area (Å²) in [6, 6.07) is 5.57. The van der Waals surface area contributed by atoms with E-state index in [1.54, 1.807) is 0 Å². The molecule has 1 saturated carbocycles. The van der Waals surface area contributed by atoms with E-state index in [0.717, 1.165) is 35.7 Å². The van der Waals surface area contributed by atoms with Crippen molar-refractivity contribution in [2.45, 2.75) is 45.1 Å². The fourth-order valence-electron chi connectivity index (χ4n) is 2.76. The molecule has 1 fully saturated rings. The topological polar surface area (TPSA) is 55.1 Å². The number of benzene rings is 1. The summed E-state index contributed by atoms with van der Waals surface area (Å²) in [5, 5.41) is 3.09. The molecule has 0 radical (unpaired) electrons. The van der Waals surface area contributed by atoms with Gasteiger partial charge in [0, 0.05) is 10.0 Å². The van der Waals surface area contributed by atoms with Crippen LogP contribution in [0.4, 0.5) is 0 Å². The first-order valence-corrected chi connectivity index (χ1v) is 8.43. The number of halogens is 1. The van der Waals surface area contributed by atoms with Gasteiger partial charge >= 0.3 is 0 Å². The Hall–Kier alpha value is -0.940. The third-order valence-electron chi connectivity index (χ3n) is 4.37. The van der Waals surface area contributed by atoms with Gasteiger partial charge in [0.25, 0.3) is 5.91 Å². The average molecular weight is 369 g/mol. The molecule has 0 aliphatic heterocycles. The second-order valence-electron chi connectivity index (χ2n) is 6.05. The third kappa shape index (κ3) is 3.64. The summed E-state index contributed by atoms with van der Waals surface area (Å²) in [7, 11) is 0. The first-order chi connectivity index (χ1) is 9.84. The van der Waals surface area contributed by atoms with Gasteiger partial charge in [-0.1, -0.05) is 35.1 Å². The first-order valence-electron chi connectivity index (χ1n) is 7.22. The number of carbonyl (C=O) groups is 1. The van der Waals surface area contributed by atoms with Crippen molar-refractivity contribution in [3.63, 3.8) is 0 Å². The maximum absolute atomic E-state index is 12.5. The van der Waals surface area contributed by atoms with Crippen LogP contribution in [0.1, 0.15) is 48.5 Å². The van der Waals surface area contributed by atoms with Crippen LogP contribution in [0.25, 0.3) is 0 Å². The minimum Gasteiger partial charge on any atom is -0.391 e. The number of rotatable bonds is 3. The van der Waals surface area contributed by atoms with Crippen molar-refractivity contribution in [1.82, 2.24) is 5.32 Å². The molecule has 1 aliphatic rings. The molecule has 1 aliphatic carbocycles. The largest absolute Gasteiger partial charge is 0.391 e. The van der Waals surface area contributed by atoms with Crippen molar-refractivity contribution in [1.29, 1.82) is 0 Å². The van der Waals surface area contributed by atoms with Crippen LogP contribution < -0.4 is 11.1 Å². The lowest BCUT2D eigenvalue weighted by Gasteiger charge is -2.39. The zero-order valence-electron chi connectivity index (χ0n) is 12.4. The fourth-order valence-corrected chi connectivity index (χ4v) is 3.27. The number of aryl methyl sites for hydroxylation is 1. The molecule has 0 unspecified atom stereocenters. The van der Waals surface area contributed by atoms with E-state index in [0.29, 0.717) is 16.5 Å². The number of thiocarbonyl (C=S) groups is 1. The average Bonchev–Trinajstić information content (AvgIpc) is 2.44. The molecule has 0 saturated heterocycles. The summed E-state index contributed by atoms with van der Waals surface area (Å²) in [5.74, 6) is 0.562. The van der Waals surface area contributed by atoms with E-state index in [9.17, 15) is 4.79 Å². The van der Waals surface area contributed by atoms with E-state index in [1.165, 1.54) is 0 Å². The van der Waals surface area contributed by atoms with Crippen molar-refractivity contribution < 1.29 is 4.79 Å². The summed E-state index contributed by atoms with van der Waals surface area (Å²) in [4.78, 5) is 12.9. The zero-order valence-corrected chi connectivity index (χ0v) is 14.8. The molecule has 0 bridgehead atoms. The van der Waals surface area contributed by atoms with E-state index < -0.39 is 5.54 Å². The lowest BCUT2D eigenvalue weighted by molar-refractivity contribution is 0.0900. The number of amides is 1. The minimum absolute atomic E-state index is 0.104. The smallest absolute Gasteiger partial charge is 0.252 e. The van der Waals surface area contributed by atoms with E-state index in [4.69, 9.17) is 18.0 Å². The Bertz CT molecular complexity index is 565. The van der Waals surface area contributed by atoms with E-state index in [2.05, 4.69) is 28.2 Å². The zero-order chi connectivity index (χ0) is 15.6. The SMILES string of the molecule is Cc1cc(C(=O)NC2(C(N)=S)CCC(C)CC2)ccc1Br. The fraction of sp³-hybridized carbons (Fsp3) is 0.500. The molecule has 3 nitrogen and oxygen atoms in total. The van der Waals surface area contributed by atoms with E-state index in [-0.39, 0.29) is 5.91 Å². The van der Waals surface area contributed by atoms with Crippen LogP contribution >= 0.6 is 28.1 Å². The molecule has 3 N–H and O–H groups in total. The number of carbonyl (C=O) groups excluding carboxylic acids is 1. The number of hydrogen-bond acceptors (Lipinski definition) is 2. The van der Waals surface area contributed by atoms with Crippen LogP contribution in [0.2, 0.25) is 0 Å². The monoisotopic (exact) mass is 368 g/mol. The standard InChI is InChI=1S/C16H21BrN2OS/c1-10-5-7-16(8-6-10,15(18)21)19-14(20)12-3-4-13(17)11(2)9-12/h3-4,9-10H,5-8H2,1-2H3,(H2,18,21)(H,19,20). The van der Waals surface area contributed by atoms with Gasteiger partial charge < -0.3 is 11.1 Å². The molecule has 2 rings (SSSR count). The quantitative estimate of drug-likeness (QED) is 0.799. The molecule has 0 heterocycles. The molecule has 1 aromatic carbocycles. The Labute approximate surface area is 139 Å². The maximum Gasteiger partial charge on any atom is 0.252 e. The molecule has 1 aromatic rings. The van der Waals surface area contributed by atoms with Crippen LogP contribution in [-0.4, -0.2) is 16.4 Å². The lowest BCUT2D eigenvalue weighted by atomic mass is 9.77. The maximum atomic E-state index is 12.5. The summed E-state index contributed by atoms with van der Waals surface area (Å²) >= 11 is 8.68. The van der Waals surface area contributed by atoms with Gasteiger partial charge in [0.15, 0.2) is 0 Å². The Morgan fingerprint density at radius 3 is 2.57 bits per heavy atom. The predicted octanol–water partition coefficient (Wildman–Crippen LogP) is 3.72. The number of hydrogen-bond donors (Lipinski definition) is 2. The first kappa shape index (κ1) is 16.4. The van der Waals surface area contributed by atoms with Crippen molar-refractivity contribution in [2.24, 2.45) is 11.7 Å². The van der Waals surface area contributed by atoms with Crippen molar-refractivity contribution in [3.8, 4) is 0 Å². The van der Waals surface area contributed by atoms with Crippen LogP contribution in [0.5, 0.6) is 0 Å². The summed E-state index contributed by atoms with van der Waals surface area (Å²) in [5.41, 5.74) is 7.08.